The van der Waals surface area contributed by atoms with Crippen LogP contribution in [-0.4, -0.2) is 26.7 Å². The van der Waals surface area contributed by atoms with Crippen molar-refractivity contribution in [1.82, 2.24) is 20.3 Å². The molecule has 3 aromatic heterocycles. The summed E-state index contributed by atoms with van der Waals surface area (Å²) in [6.07, 6.45) is -0.495. The van der Waals surface area contributed by atoms with Crippen LogP contribution >= 0.6 is 0 Å². The Hall–Kier alpha value is -4.02. The number of carbonyl (C=O) groups is 1. The van der Waals surface area contributed by atoms with Crippen molar-refractivity contribution < 1.29 is 22.2 Å². The molecule has 3 aromatic rings. The zero-order chi connectivity index (χ0) is 23.5. The lowest BCUT2D eigenvalue weighted by atomic mass is 10.0. The number of carbonyl (C=O) groups excluding carboxylic acids is 1. The Morgan fingerprint density at radius 1 is 1.16 bits per heavy atom. The van der Waals surface area contributed by atoms with Crippen LogP contribution in [0.1, 0.15) is 45.3 Å². The first kappa shape index (κ1) is 22.7. The third-order valence-electron chi connectivity index (χ3n) is 4.56. The fraction of sp³-hybridized carbons (Fsp3) is 0.190. The summed E-state index contributed by atoms with van der Waals surface area (Å²) in [5.41, 5.74) is 7.63. The van der Waals surface area contributed by atoms with Gasteiger partial charge in [-0.05, 0) is 37.6 Å². The Bertz CT molecular complexity index is 1160. The molecule has 172 valence electrons. The number of amides is 2. The molecule has 0 saturated heterocycles. The van der Waals surface area contributed by atoms with Gasteiger partial charge < -0.3 is 11.1 Å². The van der Waals surface area contributed by atoms with Crippen LogP contribution in [0.15, 0.2) is 48.9 Å². The van der Waals surface area contributed by atoms with E-state index in [1.54, 1.807) is 25.3 Å². The van der Waals surface area contributed by atoms with Gasteiger partial charge in [-0.15, -0.1) is 0 Å². The van der Waals surface area contributed by atoms with E-state index in [4.69, 9.17) is 11.1 Å². The second-order valence-corrected chi connectivity index (χ2v) is 7.01. The van der Waals surface area contributed by atoms with E-state index < -0.39 is 23.9 Å². The van der Waals surface area contributed by atoms with Gasteiger partial charge in [0.1, 0.15) is 11.5 Å². The number of nitrogens with two attached hydrogens (primary N) is 1. The van der Waals surface area contributed by atoms with E-state index in [9.17, 15) is 18.0 Å². The molecule has 0 spiro atoms. The second-order valence-electron chi connectivity index (χ2n) is 7.01. The molecule has 0 aliphatic carbocycles. The number of nitrogen functional groups attached to an aromatic ring is 1. The molecule has 0 saturated carbocycles. The third kappa shape index (κ3) is 5.36. The number of nitrogens with one attached hydrogen (secondary N) is 3. The van der Waals surface area contributed by atoms with Crippen molar-refractivity contribution in [3.8, 4) is 0 Å². The molecule has 2 amide bonds. The predicted octanol–water partition coefficient (Wildman–Crippen LogP) is 4.82. The van der Waals surface area contributed by atoms with E-state index in [1.807, 2.05) is 6.92 Å². The van der Waals surface area contributed by atoms with Crippen LogP contribution in [0, 0.1) is 12.3 Å². The summed E-state index contributed by atoms with van der Waals surface area (Å²) >= 11 is 0. The van der Waals surface area contributed by atoms with Crippen molar-refractivity contribution >= 4 is 23.2 Å². The first-order chi connectivity index (χ1) is 15.0. The number of aryl methyl sites for hydroxylation is 1. The number of aromatic nitrogens is 3. The molecule has 5 N–H and O–H groups in total. The number of hydrogen-bond acceptors (Lipinski definition) is 6. The van der Waals surface area contributed by atoms with Crippen molar-refractivity contribution in [3.63, 3.8) is 0 Å². The van der Waals surface area contributed by atoms with E-state index in [2.05, 4.69) is 25.6 Å². The molecule has 3 heterocycles. The van der Waals surface area contributed by atoms with E-state index in [-0.39, 0.29) is 21.5 Å². The fourth-order valence-electron chi connectivity index (χ4n) is 2.87. The molecule has 0 fully saturated rings. The lowest BCUT2D eigenvalue weighted by Crippen LogP contribution is -2.31. The molecule has 32 heavy (non-hydrogen) atoms. The minimum absolute atomic E-state index is 0. The molecule has 0 radical (unpaired) electrons. The number of hydrogen-bond donors (Lipinski definition) is 4. The number of alkyl halides is 3. The summed E-state index contributed by atoms with van der Waals surface area (Å²) in [6, 6.07) is 5.72. The highest BCUT2D eigenvalue weighted by molar-refractivity contribution is 6.13. The van der Waals surface area contributed by atoms with Gasteiger partial charge in [0.25, 0.3) is 0 Å². The first-order valence-corrected chi connectivity index (χ1v) is 9.42. The molecule has 0 aliphatic heterocycles. The molecule has 11 heteroatoms. The van der Waals surface area contributed by atoms with Crippen LogP contribution < -0.4 is 16.4 Å². The molecule has 0 aliphatic rings. The molecule has 0 bridgehead atoms. The average molecular weight is 449 g/mol. The highest BCUT2D eigenvalue weighted by Gasteiger charge is 2.32. The Morgan fingerprint density at radius 3 is 2.50 bits per heavy atom. The standard InChI is InChI=1S/C21H20F3N7O.3H2/c1-11-7-13(5-6-27-11)19(26)15-10-29-18(8-16(15)25)31-20(32)30-12(2)14-3-4-17(28-9-14)21(22,23)24;;;/h3-10,12,26H,1-2H3,(H4,25,29,30,31,32);3*1H/t12-;;;/m1.../s1. The summed E-state index contributed by atoms with van der Waals surface area (Å²) < 4.78 is 37.9. The average Bonchev–Trinajstić information content (AvgIpc) is 2.73. The van der Waals surface area contributed by atoms with E-state index in [1.165, 1.54) is 18.3 Å². The monoisotopic (exact) mass is 449 g/mol. The number of pyridine rings is 3. The number of nitrogens with zero attached hydrogens (tertiary/aromatic N) is 3. The zero-order valence-corrected chi connectivity index (χ0v) is 17.2. The Labute approximate surface area is 186 Å². The van der Waals surface area contributed by atoms with E-state index >= 15 is 0 Å². The SMILES string of the molecule is Cc1cc(C(=N)c2cnc(NC(=O)N[C@H](C)c3ccc(C(F)(F)F)nc3)cc2N)ccn1.[HH].[HH].[HH]. The normalized spacial score (nSPS) is 12.2. The van der Waals surface area contributed by atoms with Gasteiger partial charge in [-0.2, -0.15) is 13.2 Å². The number of halogens is 3. The van der Waals surface area contributed by atoms with Gasteiger partial charge >= 0.3 is 12.2 Å². The Morgan fingerprint density at radius 2 is 1.91 bits per heavy atom. The second kappa shape index (κ2) is 9.00. The zero-order valence-electron chi connectivity index (χ0n) is 17.2. The van der Waals surface area contributed by atoms with Gasteiger partial charge in [0.05, 0.1) is 11.8 Å². The lowest BCUT2D eigenvalue weighted by molar-refractivity contribution is -0.141. The third-order valence-corrected chi connectivity index (χ3v) is 4.56. The minimum Gasteiger partial charge on any atom is -0.398 e. The smallest absolute Gasteiger partial charge is 0.398 e. The van der Waals surface area contributed by atoms with Gasteiger partial charge in [0.15, 0.2) is 0 Å². The summed E-state index contributed by atoms with van der Waals surface area (Å²) in [4.78, 5) is 23.9. The fourth-order valence-corrected chi connectivity index (χ4v) is 2.87. The van der Waals surface area contributed by atoms with E-state index in [0.29, 0.717) is 16.7 Å². The van der Waals surface area contributed by atoms with Crippen molar-refractivity contribution in [2.24, 2.45) is 0 Å². The van der Waals surface area contributed by atoms with E-state index in [0.717, 1.165) is 18.0 Å². The van der Waals surface area contributed by atoms with Crippen LogP contribution in [0.4, 0.5) is 29.5 Å². The highest BCUT2D eigenvalue weighted by Crippen LogP contribution is 2.28. The number of urea groups is 1. The Kier molecular flexibility index (Phi) is 6.37. The summed E-state index contributed by atoms with van der Waals surface area (Å²) in [6.45, 7) is 3.42. The molecular formula is C21H26F3N7O. The van der Waals surface area contributed by atoms with Crippen molar-refractivity contribution in [1.29, 1.82) is 5.41 Å². The van der Waals surface area contributed by atoms with Gasteiger partial charge in [-0.1, -0.05) is 6.07 Å². The van der Waals surface area contributed by atoms with Gasteiger partial charge in [0.2, 0.25) is 0 Å². The maximum Gasteiger partial charge on any atom is 0.433 e. The van der Waals surface area contributed by atoms with Crippen LogP contribution in [0.5, 0.6) is 0 Å². The minimum atomic E-state index is -4.53. The van der Waals surface area contributed by atoms with Crippen LogP contribution in [0.3, 0.4) is 0 Å². The summed E-state index contributed by atoms with van der Waals surface area (Å²) in [7, 11) is 0. The molecule has 3 rings (SSSR count). The molecule has 0 unspecified atom stereocenters. The topological polar surface area (TPSA) is 130 Å². The molecule has 0 aromatic carbocycles. The van der Waals surface area contributed by atoms with Crippen LogP contribution in [-0.2, 0) is 6.18 Å². The van der Waals surface area contributed by atoms with Crippen LogP contribution in [0.25, 0.3) is 0 Å². The molecule has 8 nitrogen and oxygen atoms in total. The molecular weight excluding hydrogens is 423 g/mol. The van der Waals surface area contributed by atoms with Crippen molar-refractivity contribution in [2.45, 2.75) is 26.1 Å². The molecule has 1 atom stereocenters. The largest absolute Gasteiger partial charge is 0.433 e. The van der Waals surface area contributed by atoms with Crippen LogP contribution in [0.2, 0.25) is 0 Å². The number of anilines is 2. The summed E-state index contributed by atoms with van der Waals surface area (Å²) in [5.74, 6) is 0.153. The van der Waals surface area contributed by atoms with Gasteiger partial charge in [-0.3, -0.25) is 20.7 Å². The Balaban J connectivity index is 0.00000385. The van der Waals surface area contributed by atoms with Gasteiger partial charge in [0, 0.05) is 51.4 Å². The summed E-state index contributed by atoms with van der Waals surface area (Å²) in [5, 5.41) is 13.4. The maximum absolute atomic E-state index is 12.6. The highest BCUT2D eigenvalue weighted by atomic mass is 19.4. The van der Waals surface area contributed by atoms with Crippen molar-refractivity contribution in [2.75, 3.05) is 11.1 Å². The first-order valence-electron chi connectivity index (χ1n) is 9.42. The van der Waals surface area contributed by atoms with Crippen molar-refractivity contribution in [3.05, 3.63) is 77.0 Å². The maximum atomic E-state index is 12.6. The number of rotatable bonds is 5. The van der Waals surface area contributed by atoms with Gasteiger partial charge in [-0.25, -0.2) is 9.78 Å². The predicted molar refractivity (Wildman–Crippen MR) is 120 cm³/mol. The quantitative estimate of drug-likeness (QED) is 0.415. The lowest BCUT2D eigenvalue weighted by Gasteiger charge is -2.16.